The molecule has 4 heteroatoms. The van der Waals surface area contributed by atoms with Gasteiger partial charge in [-0.05, 0) is 54.6 Å². The number of carboxylic acid groups (broad SMARTS) is 1. The van der Waals surface area contributed by atoms with E-state index in [4.69, 9.17) is 4.74 Å². The molecule has 0 heterocycles. The van der Waals surface area contributed by atoms with Crippen molar-refractivity contribution < 1.29 is 19.4 Å². The van der Waals surface area contributed by atoms with Crippen molar-refractivity contribution in [2.75, 3.05) is 0 Å². The first-order valence-electron chi connectivity index (χ1n) is 12.4. The van der Waals surface area contributed by atoms with E-state index < -0.39 is 5.97 Å². The summed E-state index contributed by atoms with van der Waals surface area (Å²) < 4.78 is 5.86. The Morgan fingerprint density at radius 1 is 0.903 bits per heavy atom. The molecule has 2 saturated carbocycles. The van der Waals surface area contributed by atoms with Crippen molar-refractivity contribution in [1.29, 1.82) is 0 Å². The van der Waals surface area contributed by atoms with Gasteiger partial charge in [0.1, 0.15) is 11.3 Å². The molecule has 31 heavy (non-hydrogen) atoms. The van der Waals surface area contributed by atoms with Crippen molar-refractivity contribution in [2.24, 2.45) is 0 Å². The Hall–Kier alpha value is -1.84. The number of unbranched alkanes of at least 4 members (excludes halogenated alkanes) is 2. The van der Waals surface area contributed by atoms with Crippen molar-refractivity contribution in [2.45, 2.75) is 121 Å². The molecule has 4 nitrogen and oxygen atoms in total. The third kappa shape index (κ3) is 5.51. The molecule has 0 radical (unpaired) electrons. The topological polar surface area (TPSA) is 63.6 Å². The molecule has 0 aliphatic heterocycles. The van der Waals surface area contributed by atoms with E-state index in [-0.39, 0.29) is 22.4 Å². The third-order valence-electron chi connectivity index (χ3n) is 7.78. The summed E-state index contributed by atoms with van der Waals surface area (Å²) in [6.45, 7) is 6.60. The zero-order valence-corrected chi connectivity index (χ0v) is 19.7. The molecule has 2 aliphatic rings. The van der Waals surface area contributed by atoms with Gasteiger partial charge in [0.05, 0.1) is 0 Å². The van der Waals surface area contributed by atoms with E-state index in [9.17, 15) is 14.7 Å². The first-order valence-corrected chi connectivity index (χ1v) is 12.4. The number of rotatable bonds is 8. The Kier molecular flexibility index (Phi) is 7.82. The highest BCUT2D eigenvalue weighted by atomic mass is 16.5. The Bertz CT molecular complexity index is 783. The zero-order chi connectivity index (χ0) is 22.5. The number of esters is 1. The Morgan fingerprint density at radius 2 is 1.48 bits per heavy atom. The monoisotopic (exact) mass is 428 g/mol. The van der Waals surface area contributed by atoms with Crippen LogP contribution in [0, 0.1) is 0 Å². The number of hydrogen-bond donors (Lipinski definition) is 1. The lowest BCUT2D eigenvalue weighted by atomic mass is 9.66. The van der Waals surface area contributed by atoms with Crippen LogP contribution in [0.1, 0.15) is 132 Å². The lowest BCUT2D eigenvalue weighted by Crippen LogP contribution is -2.30. The second-order valence-corrected chi connectivity index (χ2v) is 10.4. The van der Waals surface area contributed by atoms with Gasteiger partial charge in [-0.3, -0.25) is 4.79 Å². The fourth-order valence-corrected chi connectivity index (χ4v) is 5.60. The predicted octanol–water partition coefficient (Wildman–Crippen LogP) is 7.31. The number of aromatic carboxylic acids is 1. The maximum Gasteiger partial charge on any atom is 0.339 e. The van der Waals surface area contributed by atoms with E-state index in [0.717, 1.165) is 68.9 Å². The number of benzene rings is 1. The maximum absolute atomic E-state index is 12.6. The summed E-state index contributed by atoms with van der Waals surface area (Å²) in [7, 11) is 0. The van der Waals surface area contributed by atoms with Crippen LogP contribution in [0.15, 0.2) is 12.1 Å². The molecule has 3 rings (SSSR count). The van der Waals surface area contributed by atoms with Gasteiger partial charge < -0.3 is 9.84 Å². The molecule has 0 saturated heterocycles. The second kappa shape index (κ2) is 10.2. The molecule has 0 amide bonds. The van der Waals surface area contributed by atoms with Gasteiger partial charge in [0.25, 0.3) is 0 Å². The van der Waals surface area contributed by atoms with Crippen LogP contribution >= 0.6 is 0 Å². The van der Waals surface area contributed by atoms with Crippen LogP contribution in [0.2, 0.25) is 0 Å². The molecule has 2 fully saturated rings. The molecule has 0 unspecified atom stereocenters. The standard InChI is InChI=1S/C27H40O4/c1-4-5-8-13-23(28)31-24-21(25(29)30)18-20(26(2)14-9-6-10-15-26)19-22(24)27(3)16-11-7-12-17-27/h18-19H,4-17H2,1-3H3,(H,29,30). The smallest absolute Gasteiger partial charge is 0.339 e. The summed E-state index contributed by atoms with van der Waals surface area (Å²) in [5.74, 6) is -1.01. The van der Waals surface area contributed by atoms with Gasteiger partial charge in [0.15, 0.2) is 0 Å². The predicted molar refractivity (Wildman–Crippen MR) is 124 cm³/mol. The van der Waals surface area contributed by atoms with Crippen molar-refractivity contribution in [1.82, 2.24) is 0 Å². The summed E-state index contributed by atoms with van der Waals surface area (Å²) >= 11 is 0. The van der Waals surface area contributed by atoms with E-state index in [0.29, 0.717) is 12.2 Å². The van der Waals surface area contributed by atoms with Gasteiger partial charge in [0, 0.05) is 12.0 Å². The highest BCUT2D eigenvalue weighted by molar-refractivity contribution is 5.93. The van der Waals surface area contributed by atoms with Crippen LogP contribution in [0.5, 0.6) is 5.75 Å². The summed E-state index contributed by atoms with van der Waals surface area (Å²) in [6.07, 6.45) is 14.4. The first kappa shape index (κ1) is 23.8. The number of ether oxygens (including phenoxy) is 1. The normalized spacial score (nSPS) is 20.2. The summed E-state index contributed by atoms with van der Waals surface area (Å²) in [5.41, 5.74) is 2.05. The maximum atomic E-state index is 12.6. The molecule has 172 valence electrons. The van der Waals surface area contributed by atoms with Gasteiger partial charge >= 0.3 is 11.9 Å². The highest BCUT2D eigenvalue weighted by Gasteiger charge is 2.38. The summed E-state index contributed by atoms with van der Waals surface area (Å²) in [4.78, 5) is 25.0. The van der Waals surface area contributed by atoms with E-state index in [2.05, 4.69) is 26.8 Å². The largest absolute Gasteiger partial charge is 0.478 e. The Labute approximate surface area is 187 Å². The van der Waals surface area contributed by atoms with Gasteiger partial charge in [-0.2, -0.15) is 0 Å². The Morgan fingerprint density at radius 3 is 2.03 bits per heavy atom. The molecule has 0 bridgehead atoms. The number of carboxylic acids is 1. The summed E-state index contributed by atoms with van der Waals surface area (Å²) in [6, 6.07) is 4.01. The molecule has 1 aromatic rings. The number of carbonyl (C=O) groups excluding carboxylic acids is 1. The SMILES string of the molecule is CCCCCC(=O)Oc1c(C(=O)O)cc(C2(C)CCCCC2)cc1C1(C)CCCCC1. The van der Waals surface area contributed by atoms with Crippen molar-refractivity contribution in [3.8, 4) is 5.75 Å². The molecule has 0 atom stereocenters. The average Bonchev–Trinajstić information content (AvgIpc) is 2.74. The molecule has 1 N–H and O–H groups in total. The molecular weight excluding hydrogens is 388 g/mol. The zero-order valence-electron chi connectivity index (χ0n) is 19.7. The minimum atomic E-state index is -1.00. The van der Waals surface area contributed by atoms with E-state index in [1.165, 1.54) is 25.7 Å². The molecule has 1 aromatic carbocycles. The van der Waals surface area contributed by atoms with Crippen molar-refractivity contribution in [3.05, 3.63) is 28.8 Å². The van der Waals surface area contributed by atoms with Crippen LogP contribution in [0.25, 0.3) is 0 Å². The van der Waals surface area contributed by atoms with Gasteiger partial charge in [-0.25, -0.2) is 4.79 Å². The van der Waals surface area contributed by atoms with Crippen LogP contribution in [-0.2, 0) is 15.6 Å². The fraction of sp³-hybridized carbons (Fsp3) is 0.704. The van der Waals surface area contributed by atoms with Crippen LogP contribution in [0.3, 0.4) is 0 Å². The van der Waals surface area contributed by atoms with Crippen LogP contribution in [-0.4, -0.2) is 17.0 Å². The van der Waals surface area contributed by atoms with Crippen LogP contribution < -0.4 is 4.74 Å². The fourth-order valence-electron chi connectivity index (χ4n) is 5.60. The minimum Gasteiger partial charge on any atom is -0.478 e. The third-order valence-corrected chi connectivity index (χ3v) is 7.78. The number of hydrogen-bond acceptors (Lipinski definition) is 3. The van der Waals surface area contributed by atoms with Gasteiger partial charge in [-0.1, -0.05) is 78.2 Å². The summed E-state index contributed by atoms with van der Waals surface area (Å²) in [5, 5.41) is 10.1. The lowest BCUT2D eigenvalue weighted by molar-refractivity contribution is -0.134. The van der Waals surface area contributed by atoms with Crippen molar-refractivity contribution >= 4 is 11.9 Å². The van der Waals surface area contributed by atoms with Gasteiger partial charge in [-0.15, -0.1) is 0 Å². The Balaban J connectivity index is 2.08. The molecule has 0 spiro atoms. The highest BCUT2D eigenvalue weighted by Crippen LogP contribution is 2.48. The molecule has 0 aromatic heterocycles. The quantitative estimate of drug-likeness (QED) is 0.268. The van der Waals surface area contributed by atoms with Crippen molar-refractivity contribution in [3.63, 3.8) is 0 Å². The molecule has 2 aliphatic carbocycles. The minimum absolute atomic E-state index is 0.00804. The molecular formula is C27H40O4. The van der Waals surface area contributed by atoms with Crippen LogP contribution in [0.4, 0.5) is 0 Å². The van der Waals surface area contributed by atoms with E-state index in [1.54, 1.807) is 6.07 Å². The average molecular weight is 429 g/mol. The number of carbonyl (C=O) groups is 2. The van der Waals surface area contributed by atoms with Gasteiger partial charge in [0.2, 0.25) is 0 Å². The first-order chi connectivity index (χ1) is 14.8. The second-order valence-electron chi connectivity index (χ2n) is 10.4. The van der Waals surface area contributed by atoms with E-state index in [1.807, 2.05) is 0 Å². The van der Waals surface area contributed by atoms with E-state index >= 15 is 0 Å². The lowest BCUT2D eigenvalue weighted by Gasteiger charge is -2.39.